The van der Waals surface area contributed by atoms with Gasteiger partial charge in [0.1, 0.15) is 12.4 Å². The Morgan fingerprint density at radius 1 is 1.03 bits per heavy atom. The molecule has 7 nitrogen and oxygen atoms in total. The normalized spacial score (nSPS) is 14.8. The quantitative estimate of drug-likeness (QED) is 0.544. The third-order valence-corrected chi connectivity index (χ3v) is 5.64. The van der Waals surface area contributed by atoms with Gasteiger partial charge in [0.25, 0.3) is 6.47 Å². The lowest BCUT2D eigenvalue weighted by molar-refractivity contribution is -0.138. The number of nitrogens with zero attached hydrogens (tertiary/aromatic N) is 4. The highest BCUT2D eigenvalue weighted by Crippen LogP contribution is 2.28. The molecule has 1 amide bonds. The summed E-state index contributed by atoms with van der Waals surface area (Å²) < 4.78 is 6.67. The molecule has 9 heteroatoms. The molecule has 156 valence electrons. The van der Waals surface area contributed by atoms with Gasteiger partial charge in [-0.25, -0.2) is 4.98 Å². The number of ether oxygens (including phenoxy) is 1. The summed E-state index contributed by atoms with van der Waals surface area (Å²) in [5, 5.41) is 1.21. The van der Waals surface area contributed by atoms with Gasteiger partial charge in [-0.3, -0.25) is 14.5 Å². The van der Waals surface area contributed by atoms with Gasteiger partial charge in [0, 0.05) is 43.0 Å². The van der Waals surface area contributed by atoms with Gasteiger partial charge < -0.3 is 14.0 Å². The van der Waals surface area contributed by atoms with Crippen molar-refractivity contribution in [1.29, 1.82) is 0 Å². The molecule has 0 atom stereocenters. The van der Waals surface area contributed by atoms with E-state index in [1.807, 2.05) is 32.4 Å². The molecule has 0 aliphatic carbocycles. The summed E-state index contributed by atoms with van der Waals surface area (Å²) in [7, 11) is 0. The number of fused-ring (bicyclic) bond motifs is 1. The maximum Gasteiger partial charge on any atom is 0.294 e. The van der Waals surface area contributed by atoms with Crippen LogP contribution in [-0.2, 0) is 20.7 Å². The van der Waals surface area contributed by atoms with E-state index in [2.05, 4.69) is 0 Å². The average Bonchev–Trinajstić information content (AvgIpc) is 3.10. The second kappa shape index (κ2) is 9.04. The van der Waals surface area contributed by atoms with E-state index in [-0.39, 0.29) is 19.1 Å². The zero-order valence-corrected chi connectivity index (χ0v) is 17.6. The number of hydrogen-bond acceptors (Lipinski definition) is 5. The topological polar surface area (TPSA) is 67.2 Å². The van der Waals surface area contributed by atoms with Crippen LogP contribution in [0.25, 0.3) is 16.9 Å². The predicted octanol–water partition coefficient (Wildman–Crippen LogP) is 3.13. The molecule has 0 unspecified atom stereocenters. The summed E-state index contributed by atoms with van der Waals surface area (Å²) in [6.07, 6.45) is 1.98. The van der Waals surface area contributed by atoms with Gasteiger partial charge in [0.05, 0.1) is 22.8 Å². The summed E-state index contributed by atoms with van der Waals surface area (Å²) in [5.41, 5.74) is 3.13. The van der Waals surface area contributed by atoms with Crippen LogP contribution in [0.1, 0.15) is 5.69 Å². The second-order valence-electron chi connectivity index (χ2n) is 7.06. The zero-order chi connectivity index (χ0) is 21.1. The summed E-state index contributed by atoms with van der Waals surface area (Å²) in [6, 6.07) is 11.0. The number of aromatic nitrogens is 2. The lowest BCUT2D eigenvalue weighted by Crippen LogP contribution is -2.49. The van der Waals surface area contributed by atoms with Crippen molar-refractivity contribution in [2.24, 2.45) is 0 Å². The second-order valence-corrected chi connectivity index (χ2v) is 7.93. The zero-order valence-electron chi connectivity index (χ0n) is 16.1. The third-order valence-electron chi connectivity index (χ3n) is 5.17. The van der Waals surface area contributed by atoms with Crippen molar-refractivity contribution in [3.8, 4) is 11.3 Å². The van der Waals surface area contributed by atoms with Crippen molar-refractivity contribution in [2.75, 3.05) is 32.9 Å². The van der Waals surface area contributed by atoms with Crippen LogP contribution in [0.5, 0.6) is 0 Å². The first kappa shape index (κ1) is 20.7. The third kappa shape index (κ3) is 4.43. The van der Waals surface area contributed by atoms with Gasteiger partial charge in [0.15, 0.2) is 0 Å². The first-order valence-electron chi connectivity index (χ1n) is 9.53. The number of pyridine rings is 1. The van der Waals surface area contributed by atoms with E-state index >= 15 is 0 Å². The van der Waals surface area contributed by atoms with Gasteiger partial charge in [-0.05, 0) is 24.3 Å². The molecular formula is C21H20Cl2N4O3. The first-order valence-corrected chi connectivity index (χ1v) is 10.3. The SMILES string of the molecule is O=COCN1CCN(C(=O)Cc2c(-c3ccc(Cl)cc3)nc3ccc(Cl)cn23)CC1. The molecule has 0 saturated carbocycles. The molecule has 1 aliphatic rings. The molecule has 1 aliphatic heterocycles. The summed E-state index contributed by atoms with van der Waals surface area (Å²) >= 11 is 12.2. The van der Waals surface area contributed by atoms with Crippen LogP contribution in [0, 0.1) is 0 Å². The molecule has 30 heavy (non-hydrogen) atoms. The Labute approximate surface area is 183 Å². The van der Waals surface area contributed by atoms with Crippen molar-refractivity contribution < 1.29 is 14.3 Å². The molecule has 1 fully saturated rings. The molecule has 2 aromatic heterocycles. The molecule has 1 saturated heterocycles. The standard InChI is InChI=1S/C21H20Cl2N4O3/c22-16-3-1-15(2-4-16)21-18(27-12-17(23)5-6-19(27)24-21)11-20(29)26-9-7-25(8-10-26)13-30-14-28/h1-6,12,14H,7-11,13H2. The van der Waals surface area contributed by atoms with Crippen molar-refractivity contribution in [3.05, 3.63) is 58.3 Å². The Balaban J connectivity index is 1.59. The molecule has 3 aromatic rings. The van der Waals surface area contributed by atoms with Gasteiger partial charge in [-0.2, -0.15) is 0 Å². The van der Waals surface area contributed by atoms with Gasteiger partial charge in [0.2, 0.25) is 5.91 Å². The summed E-state index contributed by atoms with van der Waals surface area (Å²) in [5.74, 6) is 0.0166. The molecule has 0 N–H and O–H groups in total. The van der Waals surface area contributed by atoms with Crippen molar-refractivity contribution in [1.82, 2.24) is 19.2 Å². The highest BCUT2D eigenvalue weighted by Gasteiger charge is 2.24. The van der Waals surface area contributed by atoms with Crippen molar-refractivity contribution in [3.63, 3.8) is 0 Å². The fourth-order valence-electron chi connectivity index (χ4n) is 3.59. The number of carbonyl (C=O) groups is 2. The fourth-order valence-corrected chi connectivity index (χ4v) is 3.88. The van der Waals surface area contributed by atoms with E-state index in [1.54, 1.807) is 24.4 Å². The maximum absolute atomic E-state index is 13.1. The van der Waals surface area contributed by atoms with Crippen molar-refractivity contribution in [2.45, 2.75) is 6.42 Å². The van der Waals surface area contributed by atoms with Crippen LogP contribution in [0.15, 0.2) is 42.6 Å². The highest BCUT2D eigenvalue weighted by atomic mass is 35.5. The van der Waals surface area contributed by atoms with Gasteiger partial charge >= 0.3 is 0 Å². The molecule has 0 spiro atoms. The van der Waals surface area contributed by atoms with Crippen LogP contribution in [0.3, 0.4) is 0 Å². The number of hydrogen-bond donors (Lipinski definition) is 0. The molecule has 3 heterocycles. The number of carbonyl (C=O) groups excluding carboxylic acids is 2. The monoisotopic (exact) mass is 446 g/mol. The smallest absolute Gasteiger partial charge is 0.294 e. The molecule has 0 bridgehead atoms. The Kier molecular flexibility index (Phi) is 6.22. The van der Waals surface area contributed by atoms with E-state index in [9.17, 15) is 9.59 Å². The number of rotatable bonds is 6. The van der Waals surface area contributed by atoms with Crippen molar-refractivity contribution >= 4 is 41.2 Å². The average molecular weight is 447 g/mol. The Hall–Kier alpha value is -2.61. The van der Waals surface area contributed by atoms with Crippen LogP contribution in [0.4, 0.5) is 0 Å². The lowest BCUT2D eigenvalue weighted by Gasteiger charge is -2.34. The number of imidazole rings is 1. The Morgan fingerprint density at radius 3 is 2.43 bits per heavy atom. The number of piperazine rings is 1. The first-order chi connectivity index (χ1) is 14.5. The Morgan fingerprint density at radius 2 is 1.73 bits per heavy atom. The summed E-state index contributed by atoms with van der Waals surface area (Å²) in [6.45, 7) is 3.15. The molecule has 1 aromatic carbocycles. The number of halogens is 2. The molecule has 4 rings (SSSR count). The largest absolute Gasteiger partial charge is 0.452 e. The molecule has 0 radical (unpaired) electrons. The maximum atomic E-state index is 13.1. The molecular weight excluding hydrogens is 427 g/mol. The van der Waals surface area contributed by atoms with E-state index in [0.717, 1.165) is 22.6 Å². The minimum Gasteiger partial charge on any atom is -0.452 e. The predicted molar refractivity (Wildman–Crippen MR) is 115 cm³/mol. The highest BCUT2D eigenvalue weighted by molar-refractivity contribution is 6.30. The number of amides is 1. The number of benzene rings is 1. The van der Waals surface area contributed by atoms with E-state index in [1.165, 1.54) is 0 Å². The van der Waals surface area contributed by atoms with E-state index in [0.29, 0.717) is 42.7 Å². The van der Waals surface area contributed by atoms with Gasteiger partial charge in [-0.1, -0.05) is 35.3 Å². The van der Waals surface area contributed by atoms with Crippen LogP contribution in [0.2, 0.25) is 10.0 Å². The van der Waals surface area contributed by atoms with E-state index in [4.69, 9.17) is 32.9 Å². The van der Waals surface area contributed by atoms with Crippen LogP contribution >= 0.6 is 23.2 Å². The summed E-state index contributed by atoms with van der Waals surface area (Å²) in [4.78, 5) is 32.0. The van der Waals surface area contributed by atoms with Crippen LogP contribution in [-0.4, -0.2) is 64.5 Å². The van der Waals surface area contributed by atoms with Gasteiger partial charge in [-0.15, -0.1) is 0 Å². The Bertz CT molecular complexity index is 1060. The minimum atomic E-state index is 0.0166. The lowest BCUT2D eigenvalue weighted by atomic mass is 10.1. The minimum absolute atomic E-state index is 0.0166. The van der Waals surface area contributed by atoms with Crippen LogP contribution < -0.4 is 0 Å². The fraction of sp³-hybridized carbons (Fsp3) is 0.286. The van der Waals surface area contributed by atoms with E-state index < -0.39 is 0 Å².